The van der Waals surface area contributed by atoms with Crippen LogP contribution in [-0.4, -0.2) is 0 Å². The molecular weight excluding hydrogens is 367 g/mol. The third kappa shape index (κ3) is 4.91. The minimum atomic E-state index is 0. The Morgan fingerprint density at radius 3 is 0.964 bits per heavy atom. The van der Waals surface area contributed by atoms with Crippen molar-refractivity contribution in [2.24, 2.45) is 0 Å². The Bertz CT molecular complexity index is 921. The molecule has 0 aliphatic rings. The first-order valence-corrected chi connectivity index (χ1v) is 8.70. The fraction of sp³-hybridized carbons (Fsp3) is 0. The first-order valence-electron chi connectivity index (χ1n) is 8.70. The predicted molar refractivity (Wildman–Crippen MR) is 117 cm³/mol. The van der Waals surface area contributed by atoms with Gasteiger partial charge >= 0.3 is 0 Å². The Labute approximate surface area is 168 Å². The van der Waals surface area contributed by atoms with Crippen LogP contribution in [0.5, 0.6) is 34.5 Å². The molecule has 0 aliphatic heterocycles. The van der Waals surface area contributed by atoms with E-state index in [4.69, 9.17) is 14.2 Å². The van der Waals surface area contributed by atoms with Crippen molar-refractivity contribution in [2.75, 3.05) is 0 Å². The van der Waals surface area contributed by atoms with Gasteiger partial charge in [0, 0.05) is 0 Å². The average Bonchev–Trinajstić information content (AvgIpc) is 2.72. The maximum absolute atomic E-state index is 6.14. The van der Waals surface area contributed by atoms with Crippen molar-refractivity contribution in [1.29, 1.82) is 0 Å². The van der Waals surface area contributed by atoms with E-state index in [9.17, 15) is 0 Å². The molecule has 0 amide bonds. The maximum atomic E-state index is 6.14. The normalized spacial score (nSPS) is 9.86. The smallest absolute Gasteiger partial charge is 0.170 e. The second kappa shape index (κ2) is 9.59. The van der Waals surface area contributed by atoms with E-state index in [1.54, 1.807) is 0 Å². The predicted octanol–water partition coefficient (Wildman–Crippen LogP) is 7.12. The fourth-order valence-corrected chi connectivity index (χ4v) is 2.59. The zero-order valence-corrected chi connectivity index (χ0v) is 16.7. The van der Waals surface area contributed by atoms with Crippen LogP contribution in [0.2, 0.25) is 0 Å². The minimum absolute atomic E-state index is 0. The van der Waals surface area contributed by atoms with Crippen LogP contribution in [0.3, 0.4) is 0 Å². The Morgan fingerprint density at radius 2 is 0.607 bits per heavy atom. The van der Waals surface area contributed by atoms with Gasteiger partial charge in [-0.15, -0.1) is 0 Å². The highest BCUT2D eigenvalue weighted by Crippen LogP contribution is 2.39. The van der Waals surface area contributed by atoms with E-state index in [2.05, 4.69) is 0 Å². The van der Waals surface area contributed by atoms with Crippen LogP contribution >= 0.6 is 9.90 Å². The lowest BCUT2D eigenvalue weighted by Crippen LogP contribution is -1.93. The Hall–Kier alpha value is -3.29. The van der Waals surface area contributed by atoms with Crippen molar-refractivity contribution < 1.29 is 14.2 Å². The first-order chi connectivity index (χ1) is 13.4. The van der Waals surface area contributed by atoms with Crippen LogP contribution < -0.4 is 14.2 Å². The molecule has 4 heteroatoms. The van der Waals surface area contributed by atoms with Crippen LogP contribution in [-0.2, 0) is 0 Å². The topological polar surface area (TPSA) is 27.7 Å². The molecule has 1 unspecified atom stereocenters. The van der Waals surface area contributed by atoms with E-state index >= 15 is 0 Å². The van der Waals surface area contributed by atoms with Gasteiger partial charge in [-0.1, -0.05) is 60.7 Å². The van der Waals surface area contributed by atoms with Crippen LogP contribution in [0.15, 0.2) is 109 Å². The molecule has 140 valence electrons. The van der Waals surface area contributed by atoms with Gasteiger partial charge in [0.1, 0.15) is 11.5 Å². The Morgan fingerprint density at radius 1 is 0.321 bits per heavy atom. The van der Waals surface area contributed by atoms with E-state index in [1.165, 1.54) is 0 Å². The molecule has 0 saturated heterocycles. The molecule has 0 bridgehead atoms. The van der Waals surface area contributed by atoms with Crippen molar-refractivity contribution in [3.05, 3.63) is 109 Å². The lowest BCUT2D eigenvalue weighted by molar-refractivity contribution is 0.394. The van der Waals surface area contributed by atoms with Crippen molar-refractivity contribution in [3.8, 4) is 34.5 Å². The van der Waals surface area contributed by atoms with Crippen molar-refractivity contribution in [1.82, 2.24) is 0 Å². The summed E-state index contributed by atoms with van der Waals surface area (Å²) in [5, 5.41) is 0. The monoisotopic (exact) mass is 388 g/mol. The minimum Gasteiger partial charge on any atom is -0.453 e. The summed E-state index contributed by atoms with van der Waals surface area (Å²) in [5.41, 5.74) is 0. The molecular formula is C24H21O3P. The second-order valence-corrected chi connectivity index (χ2v) is 5.83. The van der Waals surface area contributed by atoms with E-state index in [0.717, 1.165) is 11.5 Å². The van der Waals surface area contributed by atoms with Gasteiger partial charge in [0.15, 0.2) is 23.0 Å². The largest absolute Gasteiger partial charge is 0.453 e. The van der Waals surface area contributed by atoms with E-state index in [-0.39, 0.29) is 9.90 Å². The number of rotatable bonds is 6. The summed E-state index contributed by atoms with van der Waals surface area (Å²) in [6.45, 7) is 0. The number of hydrogen-bond donors (Lipinski definition) is 0. The lowest BCUT2D eigenvalue weighted by atomic mass is 10.3. The molecule has 0 N–H and O–H groups in total. The van der Waals surface area contributed by atoms with Gasteiger partial charge in [0.25, 0.3) is 0 Å². The van der Waals surface area contributed by atoms with Crippen LogP contribution in [0.1, 0.15) is 0 Å². The highest BCUT2D eigenvalue weighted by molar-refractivity contribution is 6.92. The van der Waals surface area contributed by atoms with E-state index in [1.807, 2.05) is 109 Å². The number of para-hydroxylation sites is 6. The summed E-state index contributed by atoms with van der Waals surface area (Å²) < 4.78 is 18.1. The van der Waals surface area contributed by atoms with Gasteiger partial charge in [-0.3, -0.25) is 0 Å². The highest BCUT2D eigenvalue weighted by atomic mass is 31.0. The molecule has 0 radical (unpaired) electrons. The molecule has 0 fully saturated rings. The van der Waals surface area contributed by atoms with Gasteiger partial charge in [0.05, 0.1) is 0 Å². The molecule has 4 rings (SSSR count). The van der Waals surface area contributed by atoms with Gasteiger partial charge < -0.3 is 14.2 Å². The summed E-state index contributed by atoms with van der Waals surface area (Å²) >= 11 is 0. The lowest BCUT2D eigenvalue weighted by Gasteiger charge is -2.15. The van der Waals surface area contributed by atoms with Gasteiger partial charge in [-0.2, -0.15) is 9.90 Å². The molecule has 0 heterocycles. The molecule has 0 aliphatic carbocycles. The molecule has 28 heavy (non-hydrogen) atoms. The fourth-order valence-electron chi connectivity index (χ4n) is 2.59. The summed E-state index contributed by atoms with van der Waals surface area (Å²) in [6, 6.07) is 34.4. The summed E-state index contributed by atoms with van der Waals surface area (Å²) in [5.74, 6) is 4.01. The molecule has 4 aromatic carbocycles. The third-order valence-electron chi connectivity index (χ3n) is 3.86. The first kappa shape index (κ1) is 19.5. The Balaban J connectivity index is 0.00000225. The van der Waals surface area contributed by atoms with Gasteiger partial charge in [0.2, 0.25) is 0 Å². The second-order valence-electron chi connectivity index (χ2n) is 5.83. The van der Waals surface area contributed by atoms with Crippen LogP contribution in [0.4, 0.5) is 0 Å². The van der Waals surface area contributed by atoms with Crippen molar-refractivity contribution >= 4 is 9.90 Å². The molecule has 3 nitrogen and oxygen atoms in total. The van der Waals surface area contributed by atoms with Gasteiger partial charge in [-0.25, -0.2) is 0 Å². The highest BCUT2D eigenvalue weighted by Gasteiger charge is 2.11. The summed E-state index contributed by atoms with van der Waals surface area (Å²) in [4.78, 5) is 0. The maximum Gasteiger partial charge on any atom is 0.170 e. The standard InChI is InChI=1S/C24H18O3.H3P/c1-3-11-19(12-4-1)25-21-15-7-9-17-23(21)27-24-18-10-8-16-22(24)26-20-13-5-2-6-14-20;/h1-18H;1H3. The number of hydrogen-bond acceptors (Lipinski definition) is 3. The number of benzene rings is 4. The molecule has 1 atom stereocenters. The quantitative estimate of drug-likeness (QED) is 0.329. The SMILES string of the molecule is P.c1ccc(Oc2ccccc2Oc2ccccc2Oc2ccccc2)cc1. The van der Waals surface area contributed by atoms with Crippen LogP contribution in [0, 0.1) is 0 Å². The molecule has 4 aromatic rings. The van der Waals surface area contributed by atoms with Crippen molar-refractivity contribution in [2.45, 2.75) is 0 Å². The molecule has 0 spiro atoms. The van der Waals surface area contributed by atoms with Crippen LogP contribution in [0.25, 0.3) is 0 Å². The zero-order chi connectivity index (χ0) is 18.3. The van der Waals surface area contributed by atoms with E-state index in [0.29, 0.717) is 23.0 Å². The van der Waals surface area contributed by atoms with E-state index < -0.39 is 0 Å². The number of ether oxygens (including phenoxy) is 3. The van der Waals surface area contributed by atoms with Gasteiger partial charge in [-0.05, 0) is 48.5 Å². The summed E-state index contributed by atoms with van der Waals surface area (Å²) in [6.07, 6.45) is 0. The molecule has 0 saturated carbocycles. The molecule has 0 aromatic heterocycles. The zero-order valence-electron chi connectivity index (χ0n) is 15.3. The summed E-state index contributed by atoms with van der Waals surface area (Å²) in [7, 11) is 0. The Kier molecular flexibility index (Phi) is 6.67. The van der Waals surface area contributed by atoms with Crippen molar-refractivity contribution in [3.63, 3.8) is 0 Å². The third-order valence-corrected chi connectivity index (χ3v) is 3.86. The average molecular weight is 388 g/mol.